The van der Waals surface area contributed by atoms with Crippen molar-refractivity contribution in [3.8, 4) is 0 Å². The monoisotopic (exact) mass is 260 g/mol. The highest BCUT2D eigenvalue weighted by molar-refractivity contribution is 5.79. The fourth-order valence-electron chi connectivity index (χ4n) is 2.98. The van der Waals surface area contributed by atoms with Gasteiger partial charge in [-0.3, -0.25) is 4.79 Å². The van der Waals surface area contributed by atoms with Crippen molar-refractivity contribution in [2.75, 3.05) is 31.1 Å². The second-order valence-corrected chi connectivity index (χ2v) is 5.34. The molecule has 2 aliphatic heterocycles. The highest BCUT2D eigenvalue weighted by atomic mass is 16.2. The molecule has 3 heterocycles. The summed E-state index contributed by atoms with van der Waals surface area (Å²) in [5.74, 6) is 1.36. The van der Waals surface area contributed by atoms with Gasteiger partial charge >= 0.3 is 0 Å². The van der Waals surface area contributed by atoms with E-state index in [1.165, 1.54) is 12.8 Å². The summed E-state index contributed by atoms with van der Waals surface area (Å²) in [6.07, 6.45) is 7.72. The molecule has 1 aromatic rings. The van der Waals surface area contributed by atoms with Crippen LogP contribution in [0.5, 0.6) is 0 Å². The number of amides is 1. The molecule has 102 valence electrons. The van der Waals surface area contributed by atoms with Gasteiger partial charge in [0.15, 0.2) is 0 Å². The maximum absolute atomic E-state index is 12.3. The van der Waals surface area contributed by atoms with Crippen molar-refractivity contribution in [3.05, 3.63) is 18.5 Å². The van der Waals surface area contributed by atoms with Crippen LogP contribution in [0.15, 0.2) is 18.5 Å². The first kappa shape index (κ1) is 12.4. The maximum Gasteiger partial charge on any atom is 0.225 e. The topological polar surface area (TPSA) is 49.3 Å². The Morgan fingerprint density at radius 3 is 2.32 bits per heavy atom. The molecule has 2 fully saturated rings. The molecule has 5 heteroatoms. The van der Waals surface area contributed by atoms with E-state index in [1.807, 2.05) is 11.0 Å². The number of hydrogen-bond acceptors (Lipinski definition) is 4. The van der Waals surface area contributed by atoms with Crippen LogP contribution < -0.4 is 4.90 Å². The number of anilines is 1. The fourth-order valence-corrected chi connectivity index (χ4v) is 2.98. The zero-order valence-electron chi connectivity index (χ0n) is 11.2. The van der Waals surface area contributed by atoms with Gasteiger partial charge in [0.05, 0.1) is 0 Å². The average molecular weight is 260 g/mol. The molecule has 0 bridgehead atoms. The van der Waals surface area contributed by atoms with E-state index < -0.39 is 0 Å². The van der Waals surface area contributed by atoms with Crippen molar-refractivity contribution in [1.82, 2.24) is 14.9 Å². The largest absolute Gasteiger partial charge is 0.342 e. The molecule has 0 N–H and O–H groups in total. The molecular formula is C14H20N4O. The van der Waals surface area contributed by atoms with Crippen LogP contribution in [-0.2, 0) is 4.79 Å². The molecule has 0 atom stereocenters. The molecule has 3 rings (SSSR count). The Hall–Kier alpha value is -1.65. The van der Waals surface area contributed by atoms with E-state index in [1.54, 1.807) is 12.4 Å². The predicted octanol–water partition coefficient (Wildman–Crippen LogP) is 1.32. The quantitative estimate of drug-likeness (QED) is 0.804. The van der Waals surface area contributed by atoms with Crippen LogP contribution in [0.2, 0.25) is 0 Å². The minimum absolute atomic E-state index is 0.207. The first-order chi connectivity index (χ1) is 9.34. The highest BCUT2D eigenvalue weighted by Gasteiger charge is 2.30. The molecule has 5 nitrogen and oxygen atoms in total. The lowest BCUT2D eigenvalue weighted by atomic mass is 9.95. The second-order valence-electron chi connectivity index (χ2n) is 5.34. The van der Waals surface area contributed by atoms with Gasteiger partial charge < -0.3 is 9.80 Å². The number of carbonyl (C=O) groups excluding carboxylic acids is 1. The predicted molar refractivity (Wildman–Crippen MR) is 72.8 cm³/mol. The number of nitrogens with zero attached hydrogens (tertiary/aromatic N) is 4. The lowest BCUT2D eigenvalue weighted by molar-refractivity contribution is -0.135. The number of hydrogen-bond donors (Lipinski definition) is 0. The smallest absolute Gasteiger partial charge is 0.225 e. The molecule has 19 heavy (non-hydrogen) atoms. The summed E-state index contributed by atoms with van der Waals surface area (Å²) in [6.45, 7) is 3.68. The summed E-state index contributed by atoms with van der Waals surface area (Å²) in [7, 11) is 0. The Kier molecular flexibility index (Phi) is 3.62. The molecule has 2 saturated heterocycles. The van der Waals surface area contributed by atoms with Crippen LogP contribution in [-0.4, -0.2) is 47.0 Å². The first-order valence-electron chi connectivity index (χ1n) is 7.15. The summed E-state index contributed by atoms with van der Waals surface area (Å²) < 4.78 is 0. The van der Waals surface area contributed by atoms with E-state index in [9.17, 15) is 4.79 Å². The summed E-state index contributed by atoms with van der Waals surface area (Å²) in [5.41, 5.74) is 0. The zero-order chi connectivity index (χ0) is 13.1. The lowest BCUT2D eigenvalue weighted by Crippen LogP contribution is -2.42. The highest BCUT2D eigenvalue weighted by Crippen LogP contribution is 2.23. The standard InChI is InChI=1S/C14H20N4O/c19-13(17-8-1-2-9-17)12-4-10-18(11-5-12)14-15-6-3-7-16-14/h3,6-7,12H,1-2,4-5,8-11H2. The number of likely N-dealkylation sites (tertiary alicyclic amines) is 1. The first-order valence-corrected chi connectivity index (χ1v) is 7.15. The summed E-state index contributed by atoms with van der Waals surface area (Å²) >= 11 is 0. The number of rotatable bonds is 2. The van der Waals surface area contributed by atoms with Gasteiger partial charge in [0.25, 0.3) is 0 Å². The fraction of sp³-hybridized carbons (Fsp3) is 0.643. The van der Waals surface area contributed by atoms with Crippen LogP contribution in [0.4, 0.5) is 5.95 Å². The van der Waals surface area contributed by atoms with E-state index >= 15 is 0 Å². The molecule has 2 aliphatic rings. The minimum Gasteiger partial charge on any atom is -0.342 e. The van der Waals surface area contributed by atoms with Gasteiger partial charge in [-0.1, -0.05) is 0 Å². The summed E-state index contributed by atoms with van der Waals surface area (Å²) in [4.78, 5) is 25.1. The Morgan fingerprint density at radius 1 is 1.05 bits per heavy atom. The zero-order valence-corrected chi connectivity index (χ0v) is 11.2. The Labute approximate surface area is 113 Å². The average Bonchev–Trinajstić information content (AvgIpc) is 3.02. The third-order valence-electron chi connectivity index (χ3n) is 4.10. The van der Waals surface area contributed by atoms with Crippen LogP contribution >= 0.6 is 0 Å². The van der Waals surface area contributed by atoms with Gasteiger partial charge in [0.1, 0.15) is 0 Å². The Balaban J connectivity index is 1.56. The van der Waals surface area contributed by atoms with Crippen LogP contribution in [0.3, 0.4) is 0 Å². The molecule has 0 unspecified atom stereocenters. The van der Waals surface area contributed by atoms with E-state index in [0.717, 1.165) is 45.0 Å². The maximum atomic E-state index is 12.3. The van der Waals surface area contributed by atoms with Crippen molar-refractivity contribution in [3.63, 3.8) is 0 Å². The van der Waals surface area contributed by atoms with Gasteiger partial charge in [-0.2, -0.15) is 0 Å². The second kappa shape index (κ2) is 5.55. The van der Waals surface area contributed by atoms with Crippen molar-refractivity contribution < 1.29 is 4.79 Å². The van der Waals surface area contributed by atoms with Crippen LogP contribution in [0.1, 0.15) is 25.7 Å². The summed E-state index contributed by atoms with van der Waals surface area (Å²) in [5, 5.41) is 0. The van der Waals surface area contributed by atoms with Crippen molar-refractivity contribution in [1.29, 1.82) is 0 Å². The van der Waals surface area contributed by atoms with Gasteiger partial charge in [0.2, 0.25) is 11.9 Å². The van der Waals surface area contributed by atoms with Crippen LogP contribution in [0.25, 0.3) is 0 Å². The molecular weight excluding hydrogens is 240 g/mol. The third kappa shape index (κ3) is 2.69. The molecule has 0 spiro atoms. The van der Waals surface area contributed by atoms with Crippen molar-refractivity contribution in [2.24, 2.45) is 5.92 Å². The van der Waals surface area contributed by atoms with E-state index in [-0.39, 0.29) is 5.92 Å². The third-order valence-corrected chi connectivity index (χ3v) is 4.10. The molecule has 0 aromatic carbocycles. The van der Waals surface area contributed by atoms with Gasteiger partial charge in [-0.25, -0.2) is 9.97 Å². The molecule has 1 amide bonds. The number of piperidine rings is 1. The van der Waals surface area contributed by atoms with Gasteiger partial charge in [-0.05, 0) is 31.7 Å². The molecule has 0 aliphatic carbocycles. The summed E-state index contributed by atoms with van der Waals surface area (Å²) in [6, 6.07) is 1.83. The Bertz CT molecular complexity index is 422. The SMILES string of the molecule is O=C(C1CCN(c2ncccn2)CC1)N1CCCC1. The van der Waals surface area contributed by atoms with Crippen LogP contribution in [0, 0.1) is 5.92 Å². The lowest BCUT2D eigenvalue weighted by Gasteiger charge is -2.33. The molecule has 0 radical (unpaired) electrons. The van der Waals surface area contributed by atoms with E-state index in [2.05, 4.69) is 14.9 Å². The molecule has 1 aromatic heterocycles. The van der Waals surface area contributed by atoms with E-state index in [0.29, 0.717) is 5.91 Å². The molecule has 0 saturated carbocycles. The van der Waals surface area contributed by atoms with Gasteiger partial charge in [-0.15, -0.1) is 0 Å². The normalized spacial score (nSPS) is 20.8. The van der Waals surface area contributed by atoms with Gasteiger partial charge in [0, 0.05) is 44.5 Å². The number of aromatic nitrogens is 2. The minimum atomic E-state index is 0.207. The van der Waals surface area contributed by atoms with Crippen molar-refractivity contribution in [2.45, 2.75) is 25.7 Å². The van der Waals surface area contributed by atoms with Crippen molar-refractivity contribution >= 4 is 11.9 Å². The Morgan fingerprint density at radius 2 is 1.68 bits per heavy atom. The number of carbonyl (C=O) groups is 1. The van der Waals surface area contributed by atoms with E-state index in [4.69, 9.17) is 0 Å².